The van der Waals surface area contributed by atoms with Crippen molar-refractivity contribution in [2.75, 3.05) is 0 Å². The van der Waals surface area contributed by atoms with Crippen LogP contribution in [0.4, 0.5) is 0 Å². The quantitative estimate of drug-likeness (QED) is 0.265. The van der Waals surface area contributed by atoms with E-state index in [2.05, 4.69) is 21.0 Å². The molecule has 1 saturated carbocycles. The van der Waals surface area contributed by atoms with Gasteiger partial charge in [-0.15, -0.1) is 0 Å². The zero-order valence-corrected chi connectivity index (χ0v) is 21.7. The molecule has 1 aliphatic rings. The second kappa shape index (κ2) is 11.1. The number of aromatic carboxylic acids is 1. The summed E-state index contributed by atoms with van der Waals surface area (Å²) in [4.78, 5) is 29.5. The molecule has 3 aromatic carbocycles. The SMILES string of the molecule is O=C(O)c1ccc(COc2ccc(Br)cc2C=Nn2c(C3CCCCC3)nc3ccccc3c2=O)cc1. The molecule has 188 valence electrons. The van der Waals surface area contributed by atoms with Crippen LogP contribution in [0, 0.1) is 0 Å². The Bertz CT molecular complexity index is 1520. The number of hydrogen-bond acceptors (Lipinski definition) is 5. The van der Waals surface area contributed by atoms with Crippen LogP contribution in [0.5, 0.6) is 5.75 Å². The van der Waals surface area contributed by atoms with Crippen LogP contribution in [0.15, 0.2) is 81.1 Å². The highest BCUT2D eigenvalue weighted by Crippen LogP contribution is 2.32. The summed E-state index contributed by atoms with van der Waals surface area (Å²) in [6.45, 7) is 0.257. The van der Waals surface area contributed by atoms with Crippen molar-refractivity contribution in [3.8, 4) is 5.75 Å². The molecule has 8 heteroatoms. The Morgan fingerprint density at radius 2 is 1.84 bits per heavy atom. The van der Waals surface area contributed by atoms with Gasteiger partial charge in [-0.25, -0.2) is 9.78 Å². The van der Waals surface area contributed by atoms with Crippen molar-refractivity contribution in [2.24, 2.45) is 5.10 Å². The number of fused-ring (bicyclic) bond motifs is 1. The zero-order valence-electron chi connectivity index (χ0n) is 20.1. The van der Waals surface area contributed by atoms with Crippen LogP contribution in [-0.2, 0) is 6.61 Å². The number of carboxylic acid groups (broad SMARTS) is 1. The van der Waals surface area contributed by atoms with Crippen LogP contribution in [-0.4, -0.2) is 27.0 Å². The first-order valence-electron chi connectivity index (χ1n) is 12.3. The lowest BCUT2D eigenvalue weighted by Gasteiger charge is -2.22. The Hall–Kier alpha value is -3.78. The molecule has 1 heterocycles. The minimum absolute atomic E-state index is 0.182. The number of carboxylic acids is 1. The first kappa shape index (κ1) is 24.9. The Balaban J connectivity index is 1.48. The summed E-state index contributed by atoms with van der Waals surface area (Å²) in [5.74, 6) is 0.519. The number of halogens is 1. The van der Waals surface area contributed by atoms with Crippen molar-refractivity contribution >= 4 is 39.0 Å². The minimum atomic E-state index is -0.968. The first-order chi connectivity index (χ1) is 18.0. The third-order valence-corrected chi connectivity index (χ3v) is 7.12. The van der Waals surface area contributed by atoms with Gasteiger partial charge < -0.3 is 9.84 Å². The zero-order chi connectivity index (χ0) is 25.8. The normalized spacial score (nSPS) is 14.3. The Morgan fingerprint density at radius 1 is 1.08 bits per heavy atom. The summed E-state index contributed by atoms with van der Waals surface area (Å²) in [7, 11) is 0. The highest BCUT2D eigenvalue weighted by atomic mass is 79.9. The topological polar surface area (TPSA) is 93.8 Å². The second-order valence-electron chi connectivity index (χ2n) is 9.16. The lowest BCUT2D eigenvalue weighted by atomic mass is 9.88. The van der Waals surface area contributed by atoms with Crippen LogP contribution in [0.1, 0.15) is 65.3 Å². The van der Waals surface area contributed by atoms with Crippen molar-refractivity contribution in [3.05, 3.63) is 104 Å². The molecular weight excluding hydrogens is 534 g/mol. The molecule has 1 N–H and O–H groups in total. The van der Waals surface area contributed by atoms with Crippen molar-refractivity contribution in [1.29, 1.82) is 0 Å². The molecule has 0 amide bonds. The number of aromatic nitrogens is 2. The van der Waals surface area contributed by atoms with Gasteiger partial charge in [0.25, 0.3) is 5.56 Å². The molecule has 37 heavy (non-hydrogen) atoms. The van der Waals surface area contributed by atoms with E-state index in [1.807, 2.05) is 36.4 Å². The van der Waals surface area contributed by atoms with Crippen molar-refractivity contribution in [2.45, 2.75) is 44.6 Å². The van der Waals surface area contributed by atoms with Gasteiger partial charge >= 0.3 is 5.97 Å². The predicted molar refractivity (Wildman–Crippen MR) is 147 cm³/mol. The summed E-state index contributed by atoms with van der Waals surface area (Å²) in [6.07, 6.45) is 7.06. The molecule has 0 spiro atoms. The summed E-state index contributed by atoms with van der Waals surface area (Å²) in [6, 6.07) is 19.5. The van der Waals surface area contributed by atoms with Gasteiger partial charge in [0.1, 0.15) is 18.2 Å². The smallest absolute Gasteiger partial charge is 0.335 e. The van der Waals surface area contributed by atoms with Crippen LogP contribution in [0.3, 0.4) is 0 Å². The molecule has 1 fully saturated rings. The Labute approximate surface area is 222 Å². The number of hydrogen-bond donors (Lipinski definition) is 1. The van der Waals surface area contributed by atoms with Gasteiger partial charge in [0, 0.05) is 16.0 Å². The fourth-order valence-corrected chi connectivity index (χ4v) is 5.03. The lowest BCUT2D eigenvalue weighted by molar-refractivity contribution is 0.0697. The number of carbonyl (C=O) groups is 1. The first-order valence-corrected chi connectivity index (χ1v) is 13.1. The van der Waals surface area contributed by atoms with E-state index < -0.39 is 5.97 Å². The van der Waals surface area contributed by atoms with Crippen LogP contribution in [0.2, 0.25) is 0 Å². The summed E-state index contributed by atoms with van der Waals surface area (Å²) in [5.41, 5.74) is 2.28. The third kappa shape index (κ3) is 5.64. The maximum absolute atomic E-state index is 13.5. The Kier molecular flexibility index (Phi) is 7.46. The number of nitrogens with zero attached hydrogens (tertiary/aromatic N) is 3. The third-order valence-electron chi connectivity index (χ3n) is 6.63. The van der Waals surface area contributed by atoms with Crippen LogP contribution < -0.4 is 10.3 Å². The largest absolute Gasteiger partial charge is 0.488 e. The molecule has 4 aromatic rings. The van der Waals surface area contributed by atoms with Crippen molar-refractivity contribution in [1.82, 2.24) is 9.66 Å². The highest BCUT2D eigenvalue weighted by molar-refractivity contribution is 9.10. The Morgan fingerprint density at radius 3 is 2.59 bits per heavy atom. The molecule has 0 aliphatic heterocycles. The van der Waals surface area contributed by atoms with E-state index in [-0.39, 0.29) is 23.6 Å². The predicted octanol–water partition coefficient (Wildman–Crippen LogP) is 6.37. The molecule has 1 aliphatic carbocycles. The molecular formula is C29H26BrN3O4. The highest BCUT2D eigenvalue weighted by Gasteiger charge is 2.22. The lowest BCUT2D eigenvalue weighted by Crippen LogP contribution is -2.25. The monoisotopic (exact) mass is 559 g/mol. The molecule has 7 nitrogen and oxygen atoms in total. The fourth-order valence-electron chi connectivity index (χ4n) is 4.65. The molecule has 0 atom stereocenters. The average Bonchev–Trinajstić information content (AvgIpc) is 2.92. The number of ether oxygens (including phenoxy) is 1. The summed E-state index contributed by atoms with van der Waals surface area (Å²) < 4.78 is 8.35. The maximum Gasteiger partial charge on any atom is 0.335 e. The summed E-state index contributed by atoms with van der Waals surface area (Å²) >= 11 is 3.51. The second-order valence-corrected chi connectivity index (χ2v) is 10.1. The van der Waals surface area contributed by atoms with Gasteiger partial charge in [-0.2, -0.15) is 9.78 Å². The van der Waals surface area contributed by atoms with E-state index in [4.69, 9.17) is 14.8 Å². The number of benzene rings is 3. The molecule has 5 rings (SSSR count). The molecule has 1 aromatic heterocycles. The van der Waals surface area contributed by atoms with E-state index in [0.29, 0.717) is 28.0 Å². The number of para-hydroxylation sites is 1. The molecule has 0 unspecified atom stereocenters. The molecule has 0 bridgehead atoms. The summed E-state index contributed by atoms with van der Waals surface area (Å²) in [5, 5.41) is 14.3. The van der Waals surface area contributed by atoms with Crippen LogP contribution in [0.25, 0.3) is 10.9 Å². The van der Waals surface area contributed by atoms with Gasteiger partial charge in [-0.1, -0.05) is 59.5 Å². The van der Waals surface area contributed by atoms with Gasteiger partial charge in [0.2, 0.25) is 0 Å². The van der Waals surface area contributed by atoms with E-state index >= 15 is 0 Å². The maximum atomic E-state index is 13.5. The van der Waals surface area contributed by atoms with E-state index in [1.54, 1.807) is 36.5 Å². The number of rotatable bonds is 7. The fraction of sp³-hybridized carbons (Fsp3) is 0.241. The van der Waals surface area contributed by atoms with Gasteiger partial charge in [0.15, 0.2) is 0 Å². The molecule has 0 saturated heterocycles. The van der Waals surface area contributed by atoms with Gasteiger partial charge in [-0.3, -0.25) is 4.79 Å². The standard InChI is InChI=1S/C29H26BrN3O4/c30-23-14-15-26(37-18-19-10-12-21(13-11-19)29(35)36)22(16-23)17-31-33-27(20-6-2-1-3-7-20)32-25-9-5-4-8-24(25)28(33)34/h4-5,8-17,20H,1-3,6-7,18H2,(H,35,36). The van der Waals surface area contributed by atoms with Crippen LogP contribution >= 0.6 is 15.9 Å². The van der Waals surface area contributed by atoms with Crippen molar-refractivity contribution in [3.63, 3.8) is 0 Å². The van der Waals surface area contributed by atoms with E-state index in [9.17, 15) is 9.59 Å². The van der Waals surface area contributed by atoms with E-state index in [0.717, 1.165) is 35.7 Å². The molecule has 0 radical (unpaired) electrons. The van der Waals surface area contributed by atoms with Crippen molar-refractivity contribution < 1.29 is 14.6 Å². The van der Waals surface area contributed by atoms with E-state index in [1.165, 1.54) is 11.1 Å². The van der Waals surface area contributed by atoms with Gasteiger partial charge in [-0.05, 0) is 60.9 Å². The van der Waals surface area contributed by atoms with Gasteiger partial charge in [0.05, 0.1) is 22.7 Å². The average molecular weight is 560 g/mol. The minimum Gasteiger partial charge on any atom is -0.488 e.